The topological polar surface area (TPSA) is 45.7 Å². The number of nitrogens with one attached hydrogen (secondary N) is 1. The number of rotatable bonds is 5. The zero-order valence-corrected chi connectivity index (χ0v) is 13.8. The van der Waals surface area contributed by atoms with Gasteiger partial charge in [-0.1, -0.05) is 36.4 Å². The van der Waals surface area contributed by atoms with E-state index in [-0.39, 0.29) is 18.5 Å². The summed E-state index contributed by atoms with van der Waals surface area (Å²) in [7, 11) is 0. The molecule has 3 N–H and O–H groups in total. The van der Waals surface area contributed by atoms with E-state index < -0.39 is 11.6 Å². The minimum atomic E-state index is -0.609. The highest BCUT2D eigenvalue weighted by molar-refractivity contribution is 6.02. The first kappa shape index (κ1) is 17.0. The number of halogens is 2. The van der Waals surface area contributed by atoms with Crippen LogP contribution in [0.5, 0.6) is 0 Å². The lowest BCUT2D eigenvalue weighted by molar-refractivity contribution is -0.682. The van der Waals surface area contributed by atoms with Crippen LogP contribution in [0, 0.1) is 11.6 Å². The van der Waals surface area contributed by atoms with Crippen LogP contribution in [-0.2, 0) is 4.79 Å². The van der Waals surface area contributed by atoms with Gasteiger partial charge in [-0.05, 0) is 30.5 Å². The third-order valence-corrected chi connectivity index (χ3v) is 4.17. The van der Waals surface area contributed by atoms with E-state index in [1.807, 2.05) is 42.5 Å². The Hall–Kier alpha value is -2.79. The molecule has 3 nitrogen and oxygen atoms in total. The van der Waals surface area contributed by atoms with Crippen LogP contribution in [0.15, 0.2) is 60.7 Å². The van der Waals surface area contributed by atoms with E-state index in [4.69, 9.17) is 0 Å². The molecule has 1 atom stereocenters. The number of quaternary nitrogens is 1. The van der Waals surface area contributed by atoms with Crippen molar-refractivity contribution in [3.63, 3.8) is 0 Å². The molecule has 0 heterocycles. The lowest BCUT2D eigenvalue weighted by Crippen LogP contribution is -2.86. The van der Waals surface area contributed by atoms with Crippen LogP contribution in [0.2, 0.25) is 0 Å². The molecule has 0 bridgehead atoms. The predicted molar refractivity (Wildman–Crippen MR) is 94.1 cm³/mol. The molecule has 5 heteroatoms. The van der Waals surface area contributed by atoms with E-state index in [9.17, 15) is 13.6 Å². The first-order valence-electron chi connectivity index (χ1n) is 8.10. The maximum atomic E-state index is 13.8. The third-order valence-electron chi connectivity index (χ3n) is 4.17. The molecule has 3 rings (SSSR count). The summed E-state index contributed by atoms with van der Waals surface area (Å²) in [6.45, 7) is 1.92. The average Bonchev–Trinajstić information content (AvgIpc) is 2.60. The fraction of sp³-hybridized carbons (Fsp3) is 0.150. The second kappa shape index (κ2) is 7.40. The Morgan fingerprint density at radius 3 is 2.64 bits per heavy atom. The molecular weight excluding hydrogens is 322 g/mol. The van der Waals surface area contributed by atoms with Gasteiger partial charge in [-0.15, -0.1) is 0 Å². The zero-order valence-electron chi connectivity index (χ0n) is 13.8. The Morgan fingerprint density at radius 2 is 1.84 bits per heavy atom. The highest BCUT2D eigenvalue weighted by atomic mass is 19.1. The van der Waals surface area contributed by atoms with Crippen LogP contribution in [0.1, 0.15) is 18.5 Å². The highest BCUT2D eigenvalue weighted by Gasteiger charge is 2.16. The van der Waals surface area contributed by atoms with Gasteiger partial charge in [0.05, 0.1) is 0 Å². The molecule has 0 aliphatic heterocycles. The van der Waals surface area contributed by atoms with E-state index in [1.165, 1.54) is 12.1 Å². The summed E-state index contributed by atoms with van der Waals surface area (Å²) in [5, 5.41) is 6.63. The van der Waals surface area contributed by atoms with E-state index >= 15 is 0 Å². The largest absolute Gasteiger partial charge is 0.332 e. The van der Waals surface area contributed by atoms with E-state index in [1.54, 1.807) is 12.2 Å². The molecule has 0 aliphatic carbocycles. The van der Waals surface area contributed by atoms with Gasteiger partial charge in [0.25, 0.3) is 5.91 Å². The van der Waals surface area contributed by atoms with E-state index in [0.29, 0.717) is 5.56 Å². The van der Waals surface area contributed by atoms with Gasteiger partial charge in [-0.2, -0.15) is 0 Å². The number of amides is 1. The lowest BCUT2D eigenvalue weighted by atomic mass is 10.1. The van der Waals surface area contributed by atoms with Gasteiger partial charge in [0.15, 0.2) is 6.54 Å². The molecule has 0 spiro atoms. The van der Waals surface area contributed by atoms with Gasteiger partial charge in [0, 0.05) is 22.7 Å². The normalized spacial score (nSPS) is 12.1. The van der Waals surface area contributed by atoms with Crippen LogP contribution in [-0.4, -0.2) is 12.5 Å². The first-order chi connectivity index (χ1) is 12.0. The van der Waals surface area contributed by atoms with Crippen molar-refractivity contribution in [2.24, 2.45) is 0 Å². The number of carbonyl (C=O) groups excluding carboxylic acids is 1. The maximum absolute atomic E-state index is 13.8. The monoisotopic (exact) mass is 341 g/mol. The Morgan fingerprint density at radius 1 is 1.08 bits per heavy atom. The Bertz CT molecular complexity index is 906. The fourth-order valence-electron chi connectivity index (χ4n) is 2.82. The predicted octanol–water partition coefficient (Wildman–Crippen LogP) is 3.38. The molecule has 0 saturated carbocycles. The maximum Gasteiger partial charge on any atom is 0.279 e. The molecule has 0 radical (unpaired) electrons. The summed E-state index contributed by atoms with van der Waals surface area (Å²) in [6.07, 6.45) is 0. The second-order valence-corrected chi connectivity index (χ2v) is 5.97. The van der Waals surface area contributed by atoms with Gasteiger partial charge in [0.1, 0.15) is 17.7 Å². The smallest absolute Gasteiger partial charge is 0.279 e. The van der Waals surface area contributed by atoms with Crippen molar-refractivity contribution in [3.05, 3.63) is 77.9 Å². The van der Waals surface area contributed by atoms with Gasteiger partial charge in [-0.25, -0.2) is 8.78 Å². The van der Waals surface area contributed by atoms with Gasteiger partial charge in [0.2, 0.25) is 0 Å². The van der Waals surface area contributed by atoms with Gasteiger partial charge < -0.3 is 10.6 Å². The number of hydrogen-bond acceptors (Lipinski definition) is 1. The SMILES string of the molecule is C[C@@H]([NH2+]CC(=O)Nc1cccc2ccccc12)c1ccc(F)cc1F. The number of nitrogens with two attached hydrogens (primary N) is 1. The van der Waals surface area contributed by atoms with Crippen LogP contribution in [0.3, 0.4) is 0 Å². The van der Waals surface area contributed by atoms with E-state index in [0.717, 1.165) is 22.5 Å². The summed E-state index contributed by atoms with van der Waals surface area (Å²) in [4.78, 5) is 12.2. The second-order valence-electron chi connectivity index (χ2n) is 5.97. The summed E-state index contributed by atoms with van der Waals surface area (Å²) < 4.78 is 26.8. The molecule has 0 unspecified atom stereocenters. The molecule has 0 saturated heterocycles. The standard InChI is InChI=1S/C20H18F2N2O/c1-13(16-10-9-15(21)11-18(16)22)23-12-20(25)24-19-8-4-6-14-5-2-3-7-17(14)19/h2-11,13,23H,12H2,1H3,(H,24,25)/p+1/t13-/m1/s1. The summed E-state index contributed by atoms with van der Waals surface area (Å²) >= 11 is 0. The first-order valence-corrected chi connectivity index (χ1v) is 8.10. The average molecular weight is 341 g/mol. The molecule has 25 heavy (non-hydrogen) atoms. The summed E-state index contributed by atoms with van der Waals surface area (Å²) in [5.74, 6) is -1.38. The van der Waals surface area contributed by atoms with Crippen molar-refractivity contribution >= 4 is 22.4 Å². The Labute approximate surface area is 144 Å². The molecular formula is C20H19F2N2O+. The molecule has 3 aromatic carbocycles. The number of hydrogen-bond donors (Lipinski definition) is 2. The van der Waals surface area contributed by atoms with Crippen LogP contribution in [0.25, 0.3) is 10.8 Å². The summed E-state index contributed by atoms with van der Waals surface area (Å²) in [6, 6.07) is 16.7. The van der Waals surface area contributed by atoms with E-state index in [2.05, 4.69) is 5.32 Å². The number of fused-ring (bicyclic) bond motifs is 1. The highest BCUT2D eigenvalue weighted by Crippen LogP contribution is 2.22. The molecule has 128 valence electrons. The van der Waals surface area contributed by atoms with Crippen molar-refractivity contribution in [2.45, 2.75) is 13.0 Å². The van der Waals surface area contributed by atoms with Crippen molar-refractivity contribution in [2.75, 3.05) is 11.9 Å². The van der Waals surface area contributed by atoms with Crippen molar-refractivity contribution < 1.29 is 18.9 Å². The number of benzene rings is 3. The Balaban J connectivity index is 1.64. The van der Waals surface area contributed by atoms with Crippen LogP contribution < -0.4 is 10.6 Å². The third kappa shape index (κ3) is 4.00. The van der Waals surface area contributed by atoms with Gasteiger partial charge in [-0.3, -0.25) is 4.79 Å². The summed E-state index contributed by atoms with van der Waals surface area (Å²) in [5.41, 5.74) is 1.12. The quantitative estimate of drug-likeness (QED) is 0.734. The zero-order chi connectivity index (χ0) is 17.8. The molecule has 3 aromatic rings. The minimum Gasteiger partial charge on any atom is -0.332 e. The minimum absolute atomic E-state index is 0.140. The molecule has 0 fully saturated rings. The van der Waals surface area contributed by atoms with Crippen molar-refractivity contribution in [1.29, 1.82) is 0 Å². The van der Waals surface area contributed by atoms with Gasteiger partial charge >= 0.3 is 0 Å². The molecule has 0 aliphatic rings. The molecule has 0 aromatic heterocycles. The number of anilines is 1. The van der Waals surface area contributed by atoms with Crippen LogP contribution in [0.4, 0.5) is 14.5 Å². The lowest BCUT2D eigenvalue weighted by Gasteiger charge is -2.13. The fourth-order valence-corrected chi connectivity index (χ4v) is 2.82. The number of carbonyl (C=O) groups is 1. The van der Waals surface area contributed by atoms with Crippen molar-refractivity contribution in [3.8, 4) is 0 Å². The Kier molecular flexibility index (Phi) is 5.05. The molecule has 1 amide bonds. The van der Waals surface area contributed by atoms with Crippen LogP contribution >= 0.6 is 0 Å². The van der Waals surface area contributed by atoms with Crippen molar-refractivity contribution in [1.82, 2.24) is 0 Å².